The highest BCUT2D eigenvalue weighted by molar-refractivity contribution is 5.34. The van der Waals surface area contributed by atoms with Gasteiger partial charge in [-0.05, 0) is 24.0 Å². The summed E-state index contributed by atoms with van der Waals surface area (Å²) in [4.78, 5) is 0. The second-order valence-corrected chi connectivity index (χ2v) is 3.99. The number of nitrogens with two attached hydrogens (primary N) is 1. The van der Waals surface area contributed by atoms with Crippen molar-refractivity contribution in [3.05, 3.63) is 35.4 Å². The number of hydrogen-bond donors (Lipinski definition) is 1. The number of hydrogen-bond acceptors (Lipinski definition) is 1. The van der Waals surface area contributed by atoms with E-state index in [1.807, 2.05) is 24.3 Å². The third-order valence-corrected chi connectivity index (χ3v) is 3.07. The topological polar surface area (TPSA) is 26.0 Å². The van der Waals surface area contributed by atoms with Gasteiger partial charge < -0.3 is 5.73 Å². The van der Waals surface area contributed by atoms with Crippen molar-refractivity contribution in [3.63, 3.8) is 0 Å². The van der Waals surface area contributed by atoms with Crippen LogP contribution >= 0.6 is 0 Å². The van der Waals surface area contributed by atoms with Crippen molar-refractivity contribution < 1.29 is 8.78 Å². The van der Waals surface area contributed by atoms with Gasteiger partial charge in [0.25, 0.3) is 0 Å². The van der Waals surface area contributed by atoms with E-state index in [1.54, 1.807) is 0 Å². The highest BCUT2D eigenvalue weighted by Gasteiger charge is 2.43. The fourth-order valence-corrected chi connectivity index (χ4v) is 2.11. The quantitative estimate of drug-likeness (QED) is 0.771. The molecular weight excluding hydrogens is 184 g/mol. The first-order valence-corrected chi connectivity index (χ1v) is 4.73. The molecule has 0 heterocycles. The van der Waals surface area contributed by atoms with Gasteiger partial charge in [-0.15, -0.1) is 0 Å². The molecule has 0 aromatic heterocycles. The van der Waals surface area contributed by atoms with Crippen LogP contribution in [-0.2, 0) is 12.8 Å². The lowest BCUT2D eigenvalue weighted by Gasteiger charge is -2.25. The molecule has 1 aromatic carbocycles. The molecule has 76 valence electrons. The third-order valence-electron chi connectivity index (χ3n) is 3.07. The van der Waals surface area contributed by atoms with Crippen molar-refractivity contribution in [2.45, 2.75) is 19.3 Å². The Bertz CT molecular complexity index is 311. The number of benzene rings is 1. The fourth-order valence-electron chi connectivity index (χ4n) is 2.11. The molecule has 3 heteroatoms. The molecule has 2 N–H and O–H groups in total. The maximum Gasteiger partial charge on any atom is 0.246 e. The highest BCUT2D eigenvalue weighted by atomic mass is 19.3. The Morgan fingerprint density at radius 1 is 1.21 bits per heavy atom. The maximum atomic E-state index is 12.9. The molecule has 0 spiro atoms. The molecule has 0 fully saturated rings. The van der Waals surface area contributed by atoms with Crippen LogP contribution in [0, 0.1) is 5.41 Å². The molecule has 0 atom stereocenters. The third kappa shape index (κ3) is 1.32. The molecule has 0 amide bonds. The summed E-state index contributed by atoms with van der Waals surface area (Å²) in [5.74, 6) is 0. The van der Waals surface area contributed by atoms with E-state index in [4.69, 9.17) is 5.73 Å². The minimum Gasteiger partial charge on any atom is -0.330 e. The summed E-state index contributed by atoms with van der Waals surface area (Å²) in [6.45, 7) is 0.0549. The largest absolute Gasteiger partial charge is 0.330 e. The zero-order valence-corrected chi connectivity index (χ0v) is 7.84. The molecule has 0 aliphatic heterocycles. The second kappa shape index (κ2) is 3.31. The lowest BCUT2D eigenvalue weighted by Crippen LogP contribution is -2.38. The van der Waals surface area contributed by atoms with E-state index in [0.717, 1.165) is 11.1 Å². The van der Waals surface area contributed by atoms with Crippen LogP contribution < -0.4 is 5.73 Å². The van der Waals surface area contributed by atoms with Crippen LogP contribution in [0.25, 0.3) is 0 Å². The molecule has 0 radical (unpaired) electrons. The van der Waals surface area contributed by atoms with Crippen molar-refractivity contribution in [2.75, 3.05) is 6.54 Å². The summed E-state index contributed by atoms with van der Waals surface area (Å²) < 4.78 is 25.8. The Labute approximate surface area is 81.9 Å². The molecule has 1 nitrogen and oxygen atoms in total. The molecular formula is C11H13F2N. The highest BCUT2D eigenvalue weighted by Crippen LogP contribution is 2.40. The summed E-state index contributed by atoms with van der Waals surface area (Å²) in [7, 11) is 0. The summed E-state index contributed by atoms with van der Waals surface area (Å²) in [6.07, 6.45) is -1.51. The van der Waals surface area contributed by atoms with Crippen molar-refractivity contribution >= 4 is 0 Å². The molecule has 0 bridgehead atoms. The maximum absolute atomic E-state index is 12.9. The van der Waals surface area contributed by atoms with E-state index < -0.39 is 11.8 Å². The van der Waals surface area contributed by atoms with Gasteiger partial charge in [-0.25, -0.2) is 8.78 Å². The summed E-state index contributed by atoms with van der Waals surface area (Å²) in [5, 5.41) is 0. The van der Waals surface area contributed by atoms with Gasteiger partial charge in [-0.3, -0.25) is 0 Å². The minimum atomic E-state index is -2.33. The monoisotopic (exact) mass is 197 g/mol. The van der Waals surface area contributed by atoms with Gasteiger partial charge in [0.2, 0.25) is 6.43 Å². The molecule has 0 saturated carbocycles. The predicted octanol–water partition coefficient (Wildman–Crippen LogP) is 2.00. The van der Waals surface area contributed by atoms with Gasteiger partial charge >= 0.3 is 0 Å². The standard InChI is InChI=1S/C11H13F2N/c12-10(13)11(7-14)5-8-3-1-2-4-9(8)6-11/h1-4,10H,5-7,14H2. The smallest absolute Gasteiger partial charge is 0.246 e. The van der Waals surface area contributed by atoms with E-state index in [2.05, 4.69) is 0 Å². The Morgan fingerprint density at radius 2 is 1.71 bits per heavy atom. The van der Waals surface area contributed by atoms with Gasteiger partial charge in [-0.2, -0.15) is 0 Å². The van der Waals surface area contributed by atoms with Crippen molar-refractivity contribution in [3.8, 4) is 0 Å². The molecule has 0 saturated heterocycles. The summed E-state index contributed by atoms with van der Waals surface area (Å²) in [5.41, 5.74) is 6.51. The zero-order valence-electron chi connectivity index (χ0n) is 7.84. The Kier molecular flexibility index (Phi) is 2.27. The lowest BCUT2D eigenvalue weighted by atomic mass is 9.85. The van der Waals surface area contributed by atoms with Crippen LogP contribution in [0.3, 0.4) is 0 Å². The first kappa shape index (κ1) is 9.59. The van der Waals surface area contributed by atoms with Gasteiger partial charge in [0.15, 0.2) is 0 Å². The van der Waals surface area contributed by atoms with Crippen molar-refractivity contribution in [1.29, 1.82) is 0 Å². The predicted molar refractivity (Wildman–Crippen MR) is 51.3 cm³/mol. The van der Waals surface area contributed by atoms with Gasteiger partial charge in [-0.1, -0.05) is 24.3 Å². The van der Waals surface area contributed by atoms with Gasteiger partial charge in [0.05, 0.1) is 5.41 Å². The lowest BCUT2D eigenvalue weighted by molar-refractivity contribution is 0.00732. The second-order valence-electron chi connectivity index (χ2n) is 3.99. The summed E-state index contributed by atoms with van der Waals surface area (Å²) in [6, 6.07) is 7.60. The number of rotatable bonds is 2. The van der Waals surface area contributed by atoms with Crippen LogP contribution in [0.2, 0.25) is 0 Å². The van der Waals surface area contributed by atoms with E-state index >= 15 is 0 Å². The van der Waals surface area contributed by atoms with E-state index in [9.17, 15) is 8.78 Å². The average Bonchev–Trinajstić information content (AvgIpc) is 2.57. The Balaban J connectivity index is 2.32. The van der Waals surface area contributed by atoms with Crippen LogP contribution in [0.4, 0.5) is 8.78 Å². The Morgan fingerprint density at radius 3 is 2.07 bits per heavy atom. The number of alkyl halides is 2. The van der Waals surface area contributed by atoms with E-state index in [1.165, 1.54) is 0 Å². The van der Waals surface area contributed by atoms with Crippen LogP contribution in [0.15, 0.2) is 24.3 Å². The van der Waals surface area contributed by atoms with Crippen LogP contribution in [-0.4, -0.2) is 13.0 Å². The zero-order chi connectivity index (χ0) is 10.2. The Hall–Kier alpha value is -0.960. The minimum absolute atomic E-state index is 0.0549. The SMILES string of the molecule is NCC1(C(F)F)Cc2ccccc2C1. The van der Waals surface area contributed by atoms with Crippen LogP contribution in [0.5, 0.6) is 0 Å². The van der Waals surface area contributed by atoms with Crippen molar-refractivity contribution in [1.82, 2.24) is 0 Å². The van der Waals surface area contributed by atoms with Crippen molar-refractivity contribution in [2.24, 2.45) is 11.1 Å². The fraction of sp³-hybridized carbons (Fsp3) is 0.455. The van der Waals surface area contributed by atoms with E-state index in [-0.39, 0.29) is 6.54 Å². The molecule has 1 aliphatic carbocycles. The summed E-state index contributed by atoms with van der Waals surface area (Å²) >= 11 is 0. The van der Waals surface area contributed by atoms with Gasteiger partial charge in [0, 0.05) is 6.54 Å². The molecule has 0 unspecified atom stereocenters. The van der Waals surface area contributed by atoms with E-state index in [0.29, 0.717) is 12.8 Å². The van der Waals surface area contributed by atoms with Crippen LogP contribution in [0.1, 0.15) is 11.1 Å². The number of halogens is 2. The number of fused-ring (bicyclic) bond motifs is 1. The molecule has 14 heavy (non-hydrogen) atoms. The molecule has 1 aliphatic rings. The molecule has 1 aromatic rings. The first-order chi connectivity index (χ1) is 6.68. The first-order valence-electron chi connectivity index (χ1n) is 4.73. The normalized spacial score (nSPS) is 18.6. The molecule has 2 rings (SSSR count). The average molecular weight is 197 g/mol. The van der Waals surface area contributed by atoms with Gasteiger partial charge in [0.1, 0.15) is 0 Å².